The first-order valence-electron chi connectivity index (χ1n) is 9.73. The Morgan fingerprint density at radius 1 is 1.20 bits per heavy atom. The Hall–Kier alpha value is -3.19. The van der Waals surface area contributed by atoms with Crippen molar-refractivity contribution >= 4 is 28.4 Å². The van der Waals surface area contributed by atoms with Crippen molar-refractivity contribution in [2.75, 3.05) is 7.05 Å². The standard InChI is InChI=1S/C22H23ClN6O/c1-5-29-14(2)15(10-25-29)12-27(3)22(30)19-9-21(16-11-24-28(4)13-16)26-20-7-6-17(23)8-18(19)20/h6-11,13H,5,12H2,1-4H3. The minimum absolute atomic E-state index is 0.0987. The minimum atomic E-state index is -0.0987. The number of aromatic nitrogens is 5. The molecular weight excluding hydrogens is 400 g/mol. The molecule has 0 saturated carbocycles. The van der Waals surface area contributed by atoms with Crippen LogP contribution in [-0.2, 0) is 20.1 Å². The van der Waals surface area contributed by atoms with Crippen LogP contribution < -0.4 is 0 Å². The molecule has 154 valence electrons. The number of carbonyl (C=O) groups excluding carboxylic acids is 1. The number of hydrogen-bond donors (Lipinski definition) is 0. The van der Waals surface area contributed by atoms with Gasteiger partial charge in [0.2, 0.25) is 0 Å². The molecule has 4 rings (SSSR count). The molecule has 8 heteroatoms. The molecule has 1 amide bonds. The summed E-state index contributed by atoms with van der Waals surface area (Å²) in [6.07, 6.45) is 5.44. The number of nitrogens with zero attached hydrogens (tertiary/aromatic N) is 6. The van der Waals surface area contributed by atoms with Crippen molar-refractivity contribution in [3.63, 3.8) is 0 Å². The number of halogens is 1. The maximum atomic E-state index is 13.5. The summed E-state index contributed by atoms with van der Waals surface area (Å²) in [6.45, 7) is 5.33. The van der Waals surface area contributed by atoms with E-state index >= 15 is 0 Å². The second-order valence-corrected chi connectivity index (χ2v) is 7.79. The van der Waals surface area contributed by atoms with Crippen molar-refractivity contribution in [3.8, 4) is 11.3 Å². The van der Waals surface area contributed by atoms with Crippen molar-refractivity contribution < 1.29 is 4.79 Å². The summed E-state index contributed by atoms with van der Waals surface area (Å²) >= 11 is 6.23. The van der Waals surface area contributed by atoms with E-state index in [1.807, 2.05) is 50.1 Å². The van der Waals surface area contributed by atoms with Crippen molar-refractivity contribution in [3.05, 3.63) is 64.7 Å². The summed E-state index contributed by atoms with van der Waals surface area (Å²) in [5.41, 5.74) is 4.92. The van der Waals surface area contributed by atoms with E-state index in [9.17, 15) is 4.79 Å². The highest BCUT2D eigenvalue weighted by atomic mass is 35.5. The average molecular weight is 423 g/mol. The Morgan fingerprint density at radius 3 is 2.67 bits per heavy atom. The number of aryl methyl sites for hydroxylation is 2. The van der Waals surface area contributed by atoms with Gasteiger partial charge in [0.1, 0.15) is 0 Å². The molecule has 4 aromatic rings. The molecule has 0 aliphatic carbocycles. The smallest absolute Gasteiger partial charge is 0.254 e. The largest absolute Gasteiger partial charge is 0.337 e. The van der Waals surface area contributed by atoms with Crippen molar-refractivity contribution in [1.82, 2.24) is 29.4 Å². The van der Waals surface area contributed by atoms with Crippen LogP contribution in [0.25, 0.3) is 22.2 Å². The maximum Gasteiger partial charge on any atom is 0.254 e. The quantitative estimate of drug-likeness (QED) is 0.485. The molecule has 0 bridgehead atoms. The van der Waals surface area contributed by atoms with Crippen molar-refractivity contribution in [2.24, 2.45) is 7.05 Å². The number of amides is 1. The van der Waals surface area contributed by atoms with Gasteiger partial charge in [-0.1, -0.05) is 11.6 Å². The molecule has 0 fully saturated rings. The fourth-order valence-electron chi connectivity index (χ4n) is 3.57. The number of carbonyl (C=O) groups is 1. The van der Waals surface area contributed by atoms with E-state index in [1.165, 1.54) is 0 Å². The monoisotopic (exact) mass is 422 g/mol. The molecule has 3 aromatic heterocycles. The van der Waals surface area contributed by atoms with Crippen LogP contribution >= 0.6 is 11.6 Å². The predicted molar refractivity (Wildman–Crippen MR) is 117 cm³/mol. The highest BCUT2D eigenvalue weighted by Gasteiger charge is 2.20. The van der Waals surface area contributed by atoms with Crippen LogP contribution in [0.15, 0.2) is 42.9 Å². The van der Waals surface area contributed by atoms with Gasteiger partial charge in [-0.15, -0.1) is 0 Å². The summed E-state index contributed by atoms with van der Waals surface area (Å²) < 4.78 is 3.64. The Bertz CT molecular complexity index is 1240. The molecule has 0 atom stereocenters. The van der Waals surface area contributed by atoms with Gasteiger partial charge < -0.3 is 4.90 Å². The highest BCUT2D eigenvalue weighted by Crippen LogP contribution is 2.28. The van der Waals surface area contributed by atoms with E-state index < -0.39 is 0 Å². The van der Waals surface area contributed by atoms with E-state index in [-0.39, 0.29) is 5.91 Å². The first-order valence-corrected chi connectivity index (χ1v) is 10.1. The lowest BCUT2D eigenvalue weighted by molar-refractivity contribution is 0.0787. The second kappa shape index (κ2) is 7.91. The van der Waals surface area contributed by atoms with E-state index in [2.05, 4.69) is 10.2 Å². The molecule has 1 aromatic carbocycles. The summed E-state index contributed by atoms with van der Waals surface area (Å²) in [5.74, 6) is -0.0987. The first-order chi connectivity index (χ1) is 14.4. The van der Waals surface area contributed by atoms with E-state index in [0.717, 1.165) is 28.8 Å². The maximum absolute atomic E-state index is 13.5. The van der Waals surface area contributed by atoms with Crippen LogP contribution in [0.1, 0.15) is 28.5 Å². The number of fused-ring (bicyclic) bond motifs is 1. The Kier molecular flexibility index (Phi) is 5.30. The molecule has 0 saturated heterocycles. The molecule has 0 unspecified atom stereocenters. The minimum Gasteiger partial charge on any atom is -0.337 e. The van der Waals surface area contributed by atoms with Crippen LogP contribution in [0.3, 0.4) is 0 Å². The first kappa shape index (κ1) is 20.1. The number of rotatable bonds is 5. The SMILES string of the molecule is CCn1ncc(CN(C)C(=O)c2cc(-c3cnn(C)c3)nc3ccc(Cl)cc23)c1C. The van der Waals surface area contributed by atoms with E-state index in [4.69, 9.17) is 16.6 Å². The van der Waals surface area contributed by atoms with Gasteiger partial charge in [-0.25, -0.2) is 4.98 Å². The lowest BCUT2D eigenvalue weighted by Crippen LogP contribution is -2.26. The van der Waals surface area contributed by atoms with Crippen LogP contribution in [0.5, 0.6) is 0 Å². The van der Waals surface area contributed by atoms with Crippen LogP contribution in [0.4, 0.5) is 0 Å². The number of benzene rings is 1. The third-order valence-corrected chi connectivity index (χ3v) is 5.50. The van der Waals surface area contributed by atoms with Crippen LogP contribution in [0.2, 0.25) is 5.02 Å². The molecule has 30 heavy (non-hydrogen) atoms. The second-order valence-electron chi connectivity index (χ2n) is 7.35. The molecule has 0 aliphatic heterocycles. The zero-order chi connectivity index (χ0) is 21.4. The van der Waals surface area contributed by atoms with Gasteiger partial charge in [0.15, 0.2) is 0 Å². The van der Waals surface area contributed by atoms with Gasteiger partial charge in [-0.05, 0) is 38.1 Å². The molecule has 0 aliphatic rings. The Balaban J connectivity index is 1.76. The van der Waals surface area contributed by atoms with Crippen LogP contribution in [-0.4, -0.2) is 42.4 Å². The molecule has 0 N–H and O–H groups in total. The third-order valence-electron chi connectivity index (χ3n) is 5.26. The summed E-state index contributed by atoms with van der Waals surface area (Å²) in [7, 11) is 3.65. The predicted octanol–water partition coefficient (Wildman–Crippen LogP) is 4.09. The molecule has 3 heterocycles. The topological polar surface area (TPSA) is 68.8 Å². The lowest BCUT2D eigenvalue weighted by Gasteiger charge is -2.19. The van der Waals surface area contributed by atoms with Gasteiger partial charge in [0.25, 0.3) is 5.91 Å². The number of pyridine rings is 1. The Morgan fingerprint density at radius 2 is 2.00 bits per heavy atom. The van der Waals surface area contributed by atoms with Crippen molar-refractivity contribution in [1.29, 1.82) is 0 Å². The van der Waals surface area contributed by atoms with Crippen LogP contribution in [0, 0.1) is 6.92 Å². The summed E-state index contributed by atoms with van der Waals surface area (Å²) in [5, 5.41) is 9.90. The molecular formula is C22H23ClN6O. The zero-order valence-electron chi connectivity index (χ0n) is 17.4. The highest BCUT2D eigenvalue weighted by molar-refractivity contribution is 6.31. The van der Waals surface area contributed by atoms with Gasteiger partial charge in [-0.2, -0.15) is 10.2 Å². The van der Waals surface area contributed by atoms with Crippen molar-refractivity contribution in [2.45, 2.75) is 26.9 Å². The Labute approximate surface area is 179 Å². The summed E-state index contributed by atoms with van der Waals surface area (Å²) in [4.78, 5) is 19.9. The van der Waals surface area contributed by atoms with E-state index in [1.54, 1.807) is 35.0 Å². The number of hydrogen-bond acceptors (Lipinski definition) is 4. The molecule has 0 spiro atoms. The average Bonchev–Trinajstić information content (AvgIpc) is 3.32. The fourth-order valence-corrected chi connectivity index (χ4v) is 3.74. The lowest BCUT2D eigenvalue weighted by atomic mass is 10.0. The normalized spacial score (nSPS) is 11.2. The van der Waals surface area contributed by atoms with Gasteiger partial charge in [0.05, 0.1) is 29.2 Å². The summed E-state index contributed by atoms with van der Waals surface area (Å²) in [6, 6.07) is 7.23. The zero-order valence-corrected chi connectivity index (χ0v) is 18.2. The molecule has 7 nitrogen and oxygen atoms in total. The van der Waals surface area contributed by atoms with Gasteiger partial charge >= 0.3 is 0 Å². The third kappa shape index (κ3) is 3.68. The van der Waals surface area contributed by atoms with E-state index in [0.29, 0.717) is 28.3 Å². The molecule has 0 radical (unpaired) electrons. The van der Waals surface area contributed by atoms with Gasteiger partial charge in [0, 0.05) is 60.6 Å². The fraction of sp³-hybridized carbons (Fsp3) is 0.273. The van der Waals surface area contributed by atoms with Gasteiger partial charge in [-0.3, -0.25) is 14.2 Å².